The van der Waals surface area contributed by atoms with Gasteiger partial charge in [0.2, 0.25) is 5.95 Å². The molecule has 0 fully saturated rings. The van der Waals surface area contributed by atoms with Crippen molar-refractivity contribution in [2.24, 2.45) is 0 Å². The van der Waals surface area contributed by atoms with E-state index in [9.17, 15) is 0 Å². The number of thiazole rings is 1. The Morgan fingerprint density at radius 2 is 2.00 bits per heavy atom. The standard InChI is InChI=1S/C13H12Cl2N4S/c1-6-5-17-12(20-6)7(2)19-11-4-9(15)8(14)3-10(11)18-13(19)16/h3-5,7H,1-2H3,(H2,16,18). The molecule has 0 saturated heterocycles. The molecule has 2 heterocycles. The topological polar surface area (TPSA) is 56.7 Å². The molecule has 2 N–H and O–H groups in total. The fourth-order valence-electron chi connectivity index (χ4n) is 2.19. The number of nitrogens with two attached hydrogens (primary N) is 1. The highest BCUT2D eigenvalue weighted by Crippen LogP contribution is 2.33. The van der Waals surface area contributed by atoms with Gasteiger partial charge in [-0.3, -0.25) is 0 Å². The highest BCUT2D eigenvalue weighted by Gasteiger charge is 2.19. The Bertz CT molecular complexity index is 793. The normalized spacial score (nSPS) is 13.0. The van der Waals surface area contributed by atoms with E-state index in [1.165, 1.54) is 0 Å². The van der Waals surface area contributed by atoms with Crippen LogP contribution in [0.25, 0.3) is 11.0 Å². The van der Waals surface area contributed by atoms with Gasteiger partial charge in [0.05, 0.1) is 27.1 Å². The van der Waals surface area contributed by atoms with Gasteiger partial charge in [0.1, 0.15) is 5.01 Å². The van der Waals surface area contributed by atoms with Crippen LogP contribution < -0.4 is 5.73 Å². The molecule has 104 valence electrons. The summed E-state index contributed by atoms with van der Waals surface area (Å²) in [5.41, 5.74) is 7.63. The van der Waals surface area contributed by atoms with Gasteiger partial charge in [-0.15, -0.1) is 11.3 Å². The average Bonchev–Trinajstić information content (AvgIpc) is 2.93. The summed E-state index contributed by atoms with van der Waals surface area (Å²) in [6.07, 6.45) is 1.86. The lowest BCUT2D eigenvalue weighted by molar-refractivity contribution is 0.662. The number of fused-ring (bicyclic) bond motifs is 1. The molecule has 1 unspecified atom stereocenters. The number of aryl methyl sites for hydroxylation is 1. The van der Waals surface area contributed by atoms with E-state index in [4.69, 9.17) is 28.9 Å². The Balaban J connectivity index is 2.20. The molecular weight excluding hydrogens is 315 g/mol. The van der Waals surface area contributed by atoms with Crippen LogP contribution in [-0.2, 0) is 0 Å². The lowest BCUT2D eigenvalue weighted by Gasteiger charge is -2.13. The van der Waals surface area contributed by atoms with Crippen LogP contribution in [0.1, 0.15) is 22.9 Å². The molecule has 0 spiro atoms. The van der Waals surface area contributed by atoms with Crippen molar-refractivity contribution in [2.75, 3.05) is 5.73 Å². The molecule has 0 aliphatic rings. The van der Waals surface area contributed by atoms with Crippen molar-refractivity contribution < 1.29 is 0 Å². The molecule has 0 aliphatic heterocycles. The fourth-order valence-corrected chi connectivity index (χ4v) is 3.32. The van der Waals surface area contributed by atoms with E-state index in [1.54, 1.807) is 23.5 Å². The van der Waals surface area contributed by atoms with Crippen LogP contribution in [0.3, 0.4) is 0 Å². The van der Waals surface area contributed by atoms with Crippen LogP contribution in [0, 0.1) is 6.92 Å². The second-order valence-corrected chi connectivity index (χ2v) is 6.66. The first kappa shape index (κ1) is 13.7. The maximum absolute atomic E-state index is 6.10. The molecule has 0 radical (unpaired) electrons. The average molecular weight is 327 g/mol. The minimum absolute atomic E-state index is 0.00376. The maximum Gasteiger partial charge on any atom is 0.201 e. The number of halogens is 2. The number of nitrogen functional groups attached to an aromatic ring is 1. The van der Waals surface area contributed by atoms with E-state index in [1.807, 2.05) is 24.6 Å². The smallest absolute Gasteiger partial charge is 0.201 e. The molecule has 0 amide bonds. The Morgan fingerprint density at radius 3 is 2.65 bits per heavy atom. The lowest BCUT2D eigenvalue weighted by Crippen LogP contribution is -2.09. The molecular formula is C13H12Cl2N4S. The van der Waals surface area contributed by atoms with E-state index in [0.29, 0.717) is 16.0 Å². The van der Waals surface area contributed by atoms with Crippen molar-refractivity contribution in [1.82, 2.24) is 14.5 Å². The summed E-state index contributed by atoms with van der Waals surface area (Å²) in [6.45, 7) is 4.07. The summed E-state index contributed by atoms with van der Waals surface area (Å²) in [4.78, 5) is 9.92. The molecule has 4 nitrogen and oxygen atoms in total. The molecule has 2 aromatic heterocycles. The van der Waals surface area contributed by atoms with Crippen LogP contribution >= 0.6 is 34.5 Å². The SMILES string of the molecule is Cc1cnc(C(C)n2c(N)nc3cc(Cl)c(Cl)cc32)s1. The highest BCUT2D eigenvalue weighted by atomic mass is 35.5. The highest BCUT2D eigenvalue weighted by molar-refractivity contribution is 7.11. The van der Waals surface area contributed by atoms with E-state index in [-0.39, 0.29) is 6.04 Å². The molecule has 3 aromatic rings. The third-order valence-electron chi connectivity index (χ3n) is 3.14. The van der Waals surface area contributed by atoms with Gasteiger partial charge in [-0.1, -0.05) is 23.2 Å². The van der Waals surface area contributed by atoms with Gasteiger partial charge in [-0.2, -0.15) is 0 Å². The van der Waals surface area contributed by atoms with Crippen LogP contribution in [0.15, 0.2) is 18.3 Å². The van der Waals surface area contributed by atoms with Crippen LogP contribution in [0.2, 0.25) is 10.0 Å². The van der Waals surface area contributed by atoms with E-state index in [2.05, 4.69) is 9.97 Å². The summed E-state index contributed by atoms with van der Waals surface area (Å²) in [5, 5.41) is 1.95. The summed E-state index contributed by atoms with van der Waals surface area (Å²) in [7, 11) is 0. The monoisotopic (exact) mass is 326 g/mol. The Kier molecular flexibility index (Phi) is 3.36. The van der Waals surface area contributed by atoms with Gasteiger partial charge in [-0.05, 0) is 26.0 Å². The van der Waals surface area contributed by atoms with Crippen molar-refractivity contribution in [3.63, 3.8) is 0 Å². The second kappa shape index (κ2) is 4.91. The Morgan fingerprint density at radius 1 is 1.30 bits per heavy atom. The quantitative estimate of drug-likeness (QED) is 0.763. The van der Waals surface area contributed by atoms with Crippen LogP contribution in [-0.4, -0.2) is 14.5 Å². The third kappa shape index (κ3) is 2.16. The lowest BCUT2D eigenvalue weighted by atomic mass is 10.3. The first-order valence-electron chi connectivity index (χ1n) is 6.02. The minimum atomic E-state index is -0.00376. The van der Waals surface area contributed by atoms with Crippen molar-refractivity contribution in [3.05, 3.63) is 38.3 Å². The number of hydrogen-bond acceptors (Lipinski definition) is 4. The zero-order valence-electron chi connectivity index (χ0n) is 10.9. The molecule has 0 saturated carbocycles. The van der Waals surface area contributed by atoms with Crippen LogP contribution in [0.4, 0.5) is 5.95 Å². The summed E-state index contributed by atoms with van der Waals surface area (Å²) < 4.78 is 1.93. The van der Waals surface area contributed by atoms with Crippen molar-refractivity contribution in [2.45, 2.75) is 19.9 Å². The van der Waals surface area contributed by atoms with Crippen molar-refractivity contribution >= 4 is 51.5 Å². The number of rotatable bonds is 2. The molecule has 7 heteroatoms. The van der Waals surface area contributed by atoms with Gasteiger partial charge in [-0.25, -0.2) is 9.97 Å². The second-order valence-electron chi connectivity index (χ2n) is 4.58. The predicted molar refractivity (Wildman–Crippen MR) is 84.8 cm³/mol. The van der Waals surface area contributed by atoms with Gasteiger partial charge in [0.25, 0.3) is 0 Å². The molecule has 0 bridgehead atoms. The number of aromatic nitrogens is 3. The summed E-state index contributed by atoms with van der Waals surface area (Å²) in [5.74, 6) is 0.429. The molecule has 3 rings (SSSR count). The summed E-state index contributed by atoms with van der Waals surface area (Å²) >= 11 is 13.8. The Hall–Kier alpha value is -1.30. The van der Waals surface area contributed by atoms with Crippen molar-refractivity contribution in [3.8, 4) is 0 Å². The first-order chi connectivity index (χ1) is 9.47. The van der Waals surface area contributed by atoms with Gasteiger partial charge >= 0.3 is 0 Å². The van der Waals surface area contributed by atoms with Gasteiger partial charge < -0.3 is 10.3 Å². The summed E-state index contributed by atoms with van der Waals surface area (Å²) in [6, 6.07) is 3.52. The number of benzene rings is 1. The third-order valence-corrected chi connectivity index (χ3v) is 4.95. The number of nitrogens with zero attached hydrogens (tertiary/aromatic N) is 3. The zero-order valence-corrected chi connectivity index (χ0v) is 13.2. The molecule has 1 atom stereocenters. The molecule has 0 aliphatic carbocycles. The zero-order chi connectivity index (χ0) is 14.4. The van der Waals surface area contributed by atoms with E-state index < -0.39 is 0 Å². The Labute approximate surface area is 130 Å². The van der Waals surface area contributed by atoms with E-state index in [0.717, 1.165) is 20.9 Å². The van der Waals surface area contributed by atoms with Crippen molar-refractivity contribution in [1.29, 1.82) is 0 Å². The van der Waals surface area contributed by atoms with Gasteiger partial charge in [0.15, 0.2) is 0 Å². The van der Waals surface area contributed by atoms with Crippen LogP contribution in [0.5, 0.6) is 0 Å². The number of hydrogen-bond donors (Lipinski definition) is 1. The maximum atomic E-state index is 6.10. The fraction of sp³-hybridized carbons (Fsp3) is 0.231. The number of anilines is 1. The van der Waals surface area contributed by atoms with E-state index >= 15 is 0 Å². The first-order valence-corrected chi connectivity index (χ1v) is 7.59. The molecule has 1 aromatic carbocycles. The largest absolute Gasteiger partial charge is 0.369 e. The number of imidazole rings is 1. The predicted octanol–water partition coefficient (Wildman–Crippen LogP) is 4.30. The minimum Gasteiger partial charge on any atom is -0.369 e. The van der Waals surface area contributed by atoms with Gasteiger partial charge in [0, 0.05) is 11.1 Å². The molecule has 20 heavy (non-hydrogen) atoms.